The molecule has 0 saturated heterocycles. The maximum atomic E-state index is 12.2. The van der Waals surface area contributed by atoms with Crippen molar-refractivity contribution in [2.75, 3.05) is 10.0 Å². The Balaban J connectivity index is 0.000000172. The Kier molecular flexibility index (Phi) is 6.74. The number of sulfonamides is 1. The summed E-state index contributed by atoms with van der Waals surface area (Å²) in [5, 5.41) is 3.95. The van der Waals surface area contributed by atoms with Crippen molar-refractivity contribution in [1.29, 1.82) is 0 Å². The molecule has 1 aliphatic rings. The van der Waals surface area contributed by atoms with Crippen LogP contribution in [0.3, 0.4) is 0 Å². The Bertz CT molecular complexity index is 1450. The second kappa shape index (κ2) is 9.88. The molecule has 0 aliphatic heterocycles. The molecule has 34 heavy (non-hydrogen) atoms. The van der Waals surface area contributed by atoms with Crippen molar-refractivity contribution in [2.24, 2.45) is 5.92 Å². The second-order valence-corrected chi connectivity index (χ2v) is 9.76. The Morgan fingerprint density at radius 1 is 1.06 bits per heavy atom. The molecule has 2 aromatic heterocycles. The normalized spacial score (nSPS) is 16.7. The summed E-state index contributed by atoms with van der Waals surface area (Å²) in [5.74, 6) is 1.63. The molecule has 9 heteroatoms. The summed E-state index contributed by atoms with van der Waals surface area (Å²) in [6.45, 7) is 2.21. The van der Waals surface area contributed by atoms with E-state index in [9.17, 15) is 18.0 Å². The number of anilines is 2. The number of carbonyl (C=O) groups is 1. The van der Waals surface area contributed by atoms with Gasteiger partial charge in [-0.05, 0) is 77.7 Å². The topological polar surface area (TPSA) is 121 Å². The molecule has 174 valence electrons. The molecule has 2 aromatic carbocycles. The molecular formula is C25H24N4O4S. The number of rotatable bonds is 6. The van der Waals surface area contributed by atoms with Crippen molar-refractivity contribution >= 4 is 38.7 Å². The van der Waals surface area contributed by atoms with Crippen LogP contribution in [-0.2, 0) is 14.8 Å². The lowest BCUT2D eigenvalue weighted by Crippen LogP contribution is -2.13. The van der Waals surface area contributed by atoms with Crippen molar-refractivity contribution in [3.05, 3.63) is 95.0 Å². The number of aromatic amines is 1. The first kappa shape index (κ1) is 23.2. The summed E-state index contributed by atoms with van der Waals surface area (Å²) in [5.41, 5.74) is 1.77. The molecule has 1 amide bonds. The third-order valence-electron chi connectivity index (χ3n) is 5.63. The number of aromatic nitrogens is 2. The summed E-state index contributed by atoms with van der Waals surface area (Å²) in [7, 11) is -3.56. The summed E-state index contributed by atoms with van der Waals surface area (Å²) in [6, 6.07) is 19.1. The van der Waals surface area contributed by atoms with E-state index in [1.165, 1.54) is 12.0 Å². The summed E-state index contributed by atoms with van der Waals surface area (Å²) in [6.07, 6.45) is 4.93. The molecule has 1 saturated carbocycles. The van der Waals surface area contributed by atoms with Gasteiger partial charge in [-0.1, -0.05) is 25.1 Å². The number of nitrogens with one attached hydrogen (secondary N) is 3. The third kappa shape index (κ3) is 5.49. The van der Waals surface area contributed by atoms with Crippen molar-refractivity contribution in [2.45, 2.75) is 24.2 Å². The molecule has 1 fully saturated rings. The molecule has 0 radical (unpaired) electrons. The van der Waals surface area contributed by atoms with E-state index in [2.05, 4.69) is 26.9 Å². The minimum Gasteiger partial charge on any atom is -0.329 e. The van der Waals surface area contributed by atoms with Gasteiger partial charge in [-0.25, -0.2) is 13.4 Å². The van der Waals surface area contributed by atoms with Crippen LogP contribution in [0.25, 0.3) is 10.8 Å². The van der Waals surface area contributed by atoms with Gasteiger partial charge < -0.3 is 10.3 Å². The number of fused-ring (bicyclic) bond motifs is 1. The van der Waals surface area contributed by atoms with Crippen LogP contribution in [-0.4, -0.2) is 24.8 Å². The first-order chi connectivity index (χ1) is 16.4. The molecule has 2 heterocycles. The number of benzene rings is 2. The number of H-pyrrole nitrogens is 1. The van der Waals surface area contributed by atoms with Crippen LogP contribution in [0.5, 0.6) is 0 Å². The summed E-state index contributed by atoms with van der Waals surface area (Å²) in [4.78, 5) is 28.3. The van der Waals surface area contributed by atoms with Crippen LogP contribution in [0.4, 0.5) is 11.5 Å². The lowest BCUT2D eigenvalue weighted by Gasteiger charge is -2.07. The van der Waals surface area contributed by atoms with Crippen molar-refractivity contribution < 1.29 is 13.2 Å². The van der Waals surface area contributed by atoms with Crippen LogP contribution < -0.4 is 15.6 Å². The molecule has 2 unspecified atom stereocenters. The van der Waals surface area contributed by atoms with Crippen LogP contribution in [0.15, 0.2) is 88.8 Å². The molecule has 8 nitrogen and oxygen atoms in total. The molecule has 0 bridgehead atoms. The fourth-order valence-corrected chi connectivity index (χ4v) is 4.66. The van der Waals surface area contributed by atoms with Crippen LogP contribution in [0, 0.1) is 5.92 Å². The van der Waals surface area contributed by atoms with Gasteiger partial charge in [-0.3, -0.25) is 14.3 Å². The monoisotopic (exact) mass is 476 g/mol. The Morgan fingerprint density at radius 2 is 1.82 bits per heavy atom. The number of hydrogen-bond donors (Lipinski definition) is 3. The van der Waals surface area contributed by atoms with Gasteiger partial charge in [-0.2, -0.15) is 0 Å². The first-order valence-corrected chi connectivity index (χ1v) is 12.2. The van der Waals surface area contributed by atoms with Crippen LogP contribution >= 0.6 is 0 Å². The van der Waals surface area contributed by atoms with E-state index in [4.69, 9.17) is 0 Å². The lowest BCUT2D eigenvalue weighted by molar-refractivity contribution is -0.105. The number of pyridine rings is 2. The molecular weight excluding hydrogens is 452 g/mol. The maximum Gasteiger partial charge on any atom is 0.263 e. The highest BCUT2D eigenvalue weighted by atomic mass is 32.2. The zero-order valence-electron chi connectivity index (χ0n) is 18.4. The number of nitrogens with zero attached hydrogens (tertiary/aromatic N) is 1. The van der Waals surface area contributed by atoms with Gasteiger partial charge in [0.25, 0.3) is 15.6 Å². The fraction of sp³-hybridized carbons (Fsp3) is 0.160. The average Bonchev–Trinajstić information content (AvgIpc) is 3.57. The van der Waals surface area contributed by atoms with Gasteiger partial charge in [0.2, 0.25) is 6.41 Å². The van der Waals surface area contributed by atoms with E-state index in [-0.39, 0.29) is 10.5 Å². The second-order valence-electron chi connectivity index (χ2n) is 8.08. The molecule has 0 spiro atoms. The van der Waals surface area contributed by atoms with Crippen LogP contribution in [0.1, 0.15) is 24.8 Å². The van der Waals surface area contributed by atoms with Gasteiger partial charge in [0.1, 0.15) is 5.82 Å². The summed E-state index contributed by atoms with van der Waals surface area (Å²) < 4.78 is 26.9. The number of hydrogen-bond acceptors (Lipinski definition) is 5. The minimum absolute atomic E-state index is 0.125. The van der Waals surface area contributed by atoms with Gasteiger partial charge in [0.15, 0.2) is 0 Å². The quantitative estimate of drug-likeness (QED) is 0.362. The van der Waals surface area contributed by atoms with E-state index in [1.54, 1.807) is 67.0 Å². The predicted octanol–water partition coefficient (Wildman–Crippen LogP) is 4.10. The van der Waals surface area contributed by atoms with Crippen molar-refractivity contribution in [3.63, 3.8) is 0 Å². The predicted molar refractivity (Wildman–Crippen MR) is 132 cm³/mol. The molecule has 1 aliphatic carbocycles. The number of amides is 1. The third-order valence-corrected chi connectivity index (χ3v) is 7.00. The van der Waals surface area contributed by atoms with Gasteiger partial charge in [0.05, 0.1) is 4.90 Å². The maximum absolute atomic E-state index is 12.2. The molecule has 4 aromatic rings. The molecule has 5 rings (SSSR count). The van der Waals surface area contributed by atoms with E-state index in [0.717, 1.165) is 5.39 Å². The van der Waals surface area contributed by atoms with E-state index >= 15 is 0 Å². The molecule has 2 atom stereocenters. The van der Waals surface area contributed by atoms with E-state index in [1.807, 2.05) is 12.1 Å². The van der Waals surface area contributed by atoms with E-state index < -0.39 is 10.0 Å². The lowest BCUT2D eigenvalue weighted by atomic mass is 10.1. The van der Waals surface area contributed by atoms with Crippen LogP contribution in [0.2, 0.25) is 0 Å². The first-order valence-electron chi connectivity index (χ1n) is 10.7. The van der Waals surface area contributed by atoms with Crippen molar-refractivity contribution in [3.8, 4) is 0 Å². The number of carbonyl (C=O) groups excluding carboxylic acids is 1. The van der Waals surface area contributed by atoms with E-state index in [0.29, 0.717) is 35.1 Å². The highest BCUT2D eigenvalue weighted by Gasteiger charge is 2.33. The molecule has 3 N–H and O–H groups in total. The summed E-state index contributed by atoms with van der Waals surface area (Å²) >= 11 is 0. The zero-order chi connectivity index (χ0) is 24.1. The Morgan fingerprint density at radius 3 is 2.47 bits per heavy atom. The average molecular weight is 477 g/mol. The largest absolute Gasteiger partial charge is 0.329 e. The van der Waals surface area contributed by atoms with Gasteiger partial charge >= 0.3 is 0 Å². The zero-order valence-corrected chi connectivity index (χ0v) is 19.2. The highest BCUT2D eigenvalue weighted by Crippen LogP contribution is 2.46. The smallest absolute Gasteiger partial charge is 0.263 e. The Labute approximate surface area is 197 Å². The Hall–Kier alpha value is -3.98. The minimum atomic E-state index is -3.56. The van der Waals surface area contributed by atoms with Crippen molar-refractivity contribution in [1.82, 2.24) is 9.97 Å². The van der Waals surface area contributed by atoms with Gasteiger partial charge in [-0.15, -0.1) is 0 Å². The standard InChI is InChI=1S/C15H16N2O2S.C10H8N2O2/c1-11-10-14(11)12-5-7-13(8-6-12)20(18,19)17-15-4-2-3-9-16-15;13-6-12-8-1-2-9-7(5-8)3-4-11-10(9)14/h2-9,11,14H,10H2,1H3,(H,16,17);1-6H,(H,11,14)(H,12,13). The van der Waals surface area contributed by atoms with Gasteiger partial charge in [0, 0.05) is 23.5 Å². The SMILES string of the molecule is CC1CC1c1ccc(S(=O)(=O)Nc2ccccn2)cc1.O=CNc1ccc2c(=O)[nH]ccc2c1. The highest BCUT2D eigenvalue weighted by molar-refractivity contribution is 7.92. The fourth-order valence-electron chi connectivity index (χ4n) is 3.65.